The van der Waals surface area contributed by atoms with Crippen LogP contribution >= 0.6 is 11.6 Å². The van der Waals surface area contributed by atoms with Crippen molar-refractivity contribution in [2.24, 2.45) is 0 Å². The minimum absolute atomic E-state index is 0.319. The molecular weight excluding hydrogens is 272 g/mol. The van der Waals surface area contributed by atoms with Crippen molar-refractivity contribution in [3.05, 3.63) is 29.6 Å². The largest absolute Gasteiger partial charge is 0.378 e. The van der Waals surface area contributed by atoms with Gasteiger partial charge in [0.05, 0.1) is 17.1 Å². The summed E-state index contributed by atoms with van der Waals surface area (Å²) in [5.74, 6) is 1.72. The molecule has 1 aromatic carbocycles. The van der Waals surface area contributed by atoms with Gasteiger partial charge in [0, 0.05) is 24.9 Å². The van der Waals surface area contributed by atoms with Crippen LogP contribution in [0.2, 0.25) is 0 Å². The van der Waals surface area contributed by atoms with Crippen LogP contribution < -0.4 is 0 Å². The van der Waals surface area contributed by atoms with Crippen LogP contribution in [0.1, 0.15) is 37.2 Å². The molecule has 1 aliphatic rings. The second-order valence-corrected chi connectivity index (χ2v) is 6.07. The predicted molar refractivity (Wildman–Crippen MR) is 82.6 cm³/mol. The molecule has 3 rings (SSSR count). The van der Waals surface area contributed by atoms with Gasteiger partial charge in [0.2, 0.25) is 0 Å². The van der Waals surface area contributed by atoms with Crippen molar-refractivity contribution in [1.29, 1.82) is 0 Å². The normalized spacial score (nSPS) is 23.4. The van der Waals surface area contributed by atoms with Crippen molar-refractivity contribution in [3.63, 3.8) is 0 Å². The highest BCUT2D eigenvalue weighted by molar-refractivity contribution is 6.17. The number of ether oxygens (including phenoxy) is 1. The van der Waals surface area contributed by atoms with Gasteiger partial charge in [-0.15, -0.1) is 11.6 Å². The van der Waals surface area contributed by atoms with Crippen molar-refractivity contribution in [3.8, 4) is 0 Å². The average molecular weight is 293 g/mol. The Kier molecular flexibility index (Phi) is 3.99. The monoisotopic (exact) mass is 292 g/mol. The maximum absolute atomic E-state index is 5.96. The van der Waals surface area contributed by atoms with Crippen molar-refractivity contribution >= 4 is 22.6 Å². The summed E-state index contributed by atoms with van der Waals surface area (Å²) < 4.78 is 8.09. The topological polar surface area (TPSA) is 27.1 Å². The highest BCUT2D eigenvalue weighted by Gasteiger charge is 2.24. The number of alkyl halides is 1. The van der Waals surface area contributed by atoms with E-state index in [1.807, 2.05) is 0 Å². The van der Waals surface area contributed by atoms with Crippen molar-refractivity contribution in [2.75, 3.05) is 12.5 Å². The first-order chi connectivity index (χ1) is 9.69. The fourth-order valence-electron chi connectivity index (χ4n) is 3.13. The summed E-state index contributed by atoms with van der Waals surface area (Å²) in [6.07, 6.45) is 3.24. The number of benzene rings is 1. The second kappa shape index (κ2) is 5.74. The molecular formula is C16H21ClN2O. The SMILES string of the molecule is Cc1ccc2nc(CCCl)n(C3CCOC(C)C3)c2c1. The molecule has 20 heavy (non-hydrogen) atoms. The summed E-state index contributed by atoms with van der Waals surface area (Å²) in [6.45, 7) is 5.11. The number of rotatable bonds is 3. The molecule has 2 heterocycles. The number of aromatic nitrogens is 2. The summed E-state index contributed by atoms with van der Waals surface area (Å²) in [6, 6.07) is 6.95. The van der Waals surface area contributed by atoms with Crippen molar-refractivity contribution in [1.82, 2.24) is 9.55 Å². The van der Waals surface area contributed by atoms with E-state index in [0.29, 0.717) is 18.0 Å². The summed E-state index contributed by atoms with van der Waals surface area (Å²) >= 11 is 5.96. The molecule has 0 saturated carbocycles. The van der Waals surface area contributed by atoms with E-state index in [4.69, 9.17) is 21.3 Å². The Bertz CT molecular complexity index is 608. The molecule has 2 unspecified atom stereocenters. The second-order valence-electron chi connectivity index (χ2n) is 5.69. The molecule has 0 aliphatic carbocycles. The fraction of sp³-hybridized carbons (Fsp3) is 0.562. The first kappa shape index (κ1) is 13.9. The Morgan fingerprint density at radius 3 is 3.05 bits per heavy atom. The smallest absolute Gasteiger partial charge is 0.111 e. The van der Waals surface area contributed by atoms with E-state index >= 15 is 0 Å². The van der Waals surface area contributed by atoms with Crippen LogP contribution in [0.4, 0.5) is 0 Å². The number of fused-ring (bicyclic) bond motifs is 1. The zero-order chi connectivity index (χ0) is 14.1. The molecule has 2 aromatic rings. The van der Waals surface area contributed by atoms with Crippen LogP contribution in [0.15, 0.2) is 18.2 Å². The van der Waals surface area contributed by atoms with E-state index in [1.54, 1.807) is 0 Å². The van der Waals surface area contributed by atoms with E-state index in [2.05, 4.69) is 36.6 Å². The zero-order valence-corrected chi connectivity index (χ0v) is 12.9. The highest BCUT2D eigenvalue weighted by Crippen LogP contribution is 2.31. The molecule has 1 fully saturated rings. The molecule has 0 amide bonds. The Balaban J connectivity index is 2.09. The van der Waals surface area contributed by atoms with Crippen LogP contribution in [0.3, 0.4) is 0 Å². The standard InChI is InChI=1S/C16H21ClN2O/c1-11-3-4-14-15(9-11)19(16(18-14)5-7-17)13-6-8-20-12(2)10-13/h3-4,9,12-13H,5-8,10H2,1-2H3. The van der Waals surface area contributed by atoms with Gasteiger partial charge in [0.25, 0.3) is 0 Å². The molecule has 4 heteroatoms. The number of hydrogen-bond donors (Lipinski definition) is 0. The third-order valence-electron chi connectivity index (χ3n) is 4.06. The number of nitrogens with zero attached hydrogens (tertiary/aromatic N) is 2. The van der Waals surface area contributed by atoms with E-state index in [1.165, 1.54) is 11.1 Å². The molecule has 3 nitrogen and oxygen atoms in total. The molecule has 108 valence electrons. The molecule has 2 atom stereocenters. The van der Waals surface area contributed by atoms with E-state index < -0.39 is 0 Å². The van der Waals surface area contributed by atoms with Gasteiger partial charge in [0.15, 0.2) is 0 Å². The number of aryl methyl sites for hydroxylation is 2. The van der Waals surface area contributed by atoms with Gasteiger partial charge in [0.1, 0.15) is 5.82 Å². The Labute approximate surface area is 124 Å². The fourth-order valence-corrected chi connectivity index (χ4v) is 3.30. The Hall–Kier alpha value is -1.06. The molecule has 0 N–H and O–H groups in total. The highest BCUT2D eigenvalue weighted by atomic mass is 35.5. The maximum Gasteiger partial charge on any atom is 0.111 e. The average Bonchev–Trinajstić information content (AvgIpc) is 2.76. The Morgan fingerprint density at radius 2 is 2.30 bits per heavy atom. The molecule has 1 aromatic heterocycles. The van der Waals surface area contributed by atoms with Gasteiger partial charge in [-0.3, -0.25) is 0 Å². The molecule has 0 bridgehead atoms. The van der Waals surface area contributed by atoms with Gasteiger partial charge in [-0.25, -0.2) is 4.98 Å². The van der Waals surface area contributed by atoms with Crippen LogP contribution in [0, 0.1) is 6.92 Å². The van der Waals surface area contributed by atoms with Gasteiger partial charge >= 0.3 is 0 Å². The van der Waals surface area contributed by atoms with Gasteiger partial charge in [-0.1, -0.05) is 6.07 Å². The lowest BCUT2D eigenvalue weighted by molar-refractivity contribution is 0.00625. The number of halogens is 1. The van der Waals surface area contributed by atoms with Crippen LogP contribution in [0.5, 0.6) is 0 Å². The number of hydrogen-bond acceptors (Lipinski definition) is 2. The predicted octanol–water partition coefficient (Wildman–Crippen LogP) is 3.87. The lowest BCUT2D eigenvalue weighted by atomic mass is 10.0. The lowest BCUT2D eigenvalue weighted by Gasteiger charge is -2.30. The lowest BCUT2D eigenvalue weighted by Crippen LogP contribution is -2.26. The quantitative estimate of drug-likeness (QED) is 0.803. The molecule has 0 spiro atoms. The van der Waals surface area contributed by atoms with E-state index in [9.17, 15) is 0 Å². The first-order valence-electron chi connectivity index (χ1n) is 7.34. The van der Waals surface area contributed by atoms with E-state index in [0.717, 1.165) is 37.2 Å². The third-order valence-corrected chi connectivity index (χ3v) is 4.25. The summed E-state index contributed by atoms with van der Waals surface area (Å²) in [5.41, 5.74) is 3.59. The van der Waals surface area contributed by atoms with E-state index in [-0.39, 0.29) is 0 Å². The van der Waals surface area contributed by atoms with Gasteiger partial charge in [-0.05, 0) is 44.4 Å². The van der Waals surface area contributed by atoms with Crippen LogP contribution in [0.25, 0.3) is 11.0 Å². The maximum atomic E-state index is 5.96. The van der Waals surface area contributed by atoms with Crippen molar-refractivity contribution < 1.29 is 4.74 Å². The van der Waals surface area contributed by atoms with Gasteiger partial charge in [-0.2, -0.15) is 0 Å². The minimum Gasteiger partial charge on any atom is -0.378 e. The summed E-state index contributed by atoms with van der Waals surface area (Å²) in [4.78, 5) is 4.78. The van der Waals surface area contributed by atoms with Gasteiger partial charge < -0.3 is 9.30 Å². The summed E-state index contributed by atoms with van der Waals surface area (Å²) in [7, 11) is 0. The third kappa shape index (κ3) is 2.57. The van der Waals surface area contributed by atoms with Crippen molar-refractivity contribution in [2.45, 2.75) is 45.3 Å². The van der Waals surface area contributed by atoms with Crippen LogP contribution in [-0.4, -0.2) is 28.1 Å². The minimum atomic E-state index is 0.319. The van der Waals surface area contributed by atoms with Crippen LogP contribution in [-0.2, 0) is 11.2 Å². The zero-order valence-electron chi connectivity index (χ0n) is 12.1. The first-order valence-corrected chi connectivity index (χ1v) is 7.87. The Morgan fingerprint density at radius 1 is 1.45 bits per heavy atom. The summed E-state index contributed by atoms with van der Waals surface area (Å²) in [5, 5.41) is 0. The molecule has 1 saturated heterocycles. The molecule has 0 radical (unpaired) electrons. The number of imidazole rings is 1. The molecule has 1 aliphatic heterocycles.